The van der Waals surface area contributed by atoms with E-state index >= 15 is 0 Å². The van der Waals surface area contributed by atoms with E-state index in [9.17, 15) is 4.79 Å². The topological polar surface area (TPSA) is 29.1 Å². The monoisotopic (exact) mass is 385 g/mol. The SMILES string of the molecule is CCCCCCc1ccc(C(=O)/C=C/Nc2ccc(Br)cc2)cc1. The van der Waals surface area contributed by atoms with E-state index in [1.165, 1.54) is 31.2 Å². The van der Waals surface area contributed by atoms with Crippen LogP contribution in [0.1, 0.15) is 48.5 Å². The lowest BCUT2D eigenvalue weighted by molar-refractivity contribution is 0.104. The molecule has 2 aromatic rings. The van der Waals surface area contributed by atoms with Crippen LogP contribution in [0.25, 0.3) is 0 Å². The molecule has 0 saturated heterocycles. The summed E-state index contributed by atoms with van der Waals surface area (Å²) in [5.74, 6) is 0.0112. The lowest BCUT2D eigenvalue weighted by Crippen LogP contribution is -1.97. The molecule has 24 heavy (non-hydrogen) atoms. The molecule has 0 aliphatic rings. The zero-order chi connectivity index (χ0) is 17.2. The average molecular weight is 386 g/mol. The van der Waals surface area contributed by atoms with Crippen LogP contribution in [-0.4, -0.2) is 5.78 Å². The average Bonchev–Trinajstić information content (AvgIpc) is 2.61. The molecule has 3 heteroatoms. The largest absolute Gasteiger partial charge is 0.362 e. The number of carbonyl (C=O) groups is 1. The van der Waals surface area contributed by atoms with Crippen molar-refractivity contribution in [3.63, 3.8) is 0 Å². The molecule has 0 spiro atoms. The number of rotatable bonds is 9. The van der Waals surface area contributed by atoms with Gasteiger partial charge in [-0.3, -0.25) is 4.79 Å². The van der Waals surface area contributed by atoms with Crippen LogP contribution in [-0.2, 0) is 6.42 Å². The molecular formula is C21H24BrNO. The van der Waals surface area contributed by atoms with E-state index in [0.717, 1.165) is 22.1 Å². The Morgan fingerprint density at radius 3 is 2.38 bits per heavy atom. The van der Waals surface area contributed by atoms with Crippen molar-refractivity contribution >= 4 is 27.4 Å². The molecule has 1 N–H and O–H groups in total. The highest BCUT2D eigenvalue weighted by Crippen LogP contribution is 2.14. The Labute approximate surface area is 153 Å². The molecule has 0 unspecified atom stereocenters. The number of ketones is 1. The summed E-state index contributed by atoms with van der Waals surface area (Å²) < 4.78 is 1.03. The van der Waals surface area contributed by atoms with Gasteiger partial charge >= 0.3 is 0 Å². The molecule has 0 heterocycles. The molecule has 0 bridgehead atoms. The molecule has 0 aliphatic carbocycles. The van der Waals surface area contributed by atoms with E-state index in [0.29, 0.717) is 0 Å². The van der Waals surface area contributed by atoms with Gasteiger partial charge in [-0.1, -0.05) is 66.4 Å². The summed E-state index contributed by atoms with van der Waals surface area (Å²) >= 11 is 3.40. The highest BCUT2D eigenvalue weighted by molar-refractivity contribution is 9.10. The molecule has 0 saturated carbocycles. The van der Waals surface area contributed by atoms with Gasteiger partial charge in [0.1, 0.15) is 0 Å². The van der Waals surface area contributed by atoms with E-state index in [2.05, 4.69) is 40.3 Å². The Morgan fingerprint density at radius 1 is 1.00 bits per heavy atom. The van der Waals surface area contributed by atoms with E-state index in [-0.39, 0.29) is 5.78 Å². The summed E-state index contributed by atoms with van der Waals surface area (Å²) in [6.45, 7) is 2.22. The molecule has 2 rings (SSSR count). The van der Waals surface area contributed by atoms with Gasteiger partial charge in [0.15, 0.2) is 5.78 Å². The second kappa shape index (κ2) is 10.1. The number of hydrogen-bond donors (Lipinski definition) is 1. The zero-order valence-corrected chi connectivity index (χ0v) is 15.7. The van der Waals surface area contributed by atoms with Crippen LogP contribution in [0.5, 0.6) is 0 Å². The fourth-order valence-electron chi connectivity index (χ4n) is 2.45. The van der Waals surface area contributed by atoms with Crippen LogP contribution in [0.4, 0.5) is 5.69 Å². The number of allylic oxidation sites excluding steroid dienone is 1. The maximum Gasteiger partial charge on any atom is 0.187 e. The van der Waals surface area contributed by atoms with Crippen molar-refractivity contribution in [3.8, 4) is 0 Å². The third kappa shape index (κ3) is 6.32. The summed E-state index contributed by atoms with van der Waals surface area (Å²) in [7, 11) is 0. The fourth-order valence-corrected chi connectivity index (χ4v) is 2.71. The second-order valence-electron chi connectivity index (χ2n) is 5.86. The minimum atomic E-state index is 0.0112. The third-order valence-electron chi connectivity index (χ3n) is 3.89. The Morgan fingerprint density at radius 2 is 1.71 bits per heavy atom. The molecule has 0 aromatic heterocycles. The van der Waals surface area contributed by atoms with Gasteiger partial charge in [0.05, 0.1) is 0 Å². The number of unbranched alkanes of at least 4 members (excludes halogenated alkanes) is 3. The van der Waals surface area contributed by atoms with Gasteiger partial charge in [0.25, 0.3) is 0 Å². The van der Waals surface area contributed by atoms with Crippen molar-refractivity contribution in [2.45, 2.75) is 39.0 Å². The van der Waals surface area contributed by atoms with Crippen LogP contribution in [0.3, 0.4) is 0 Å². The minimum Gasteiger partial charge on any atom is -0.362 e. The molecule has 0 radical (unpaired) electrons. The van der Waals surface area contributed by atoms with Crippen LogP contribution >= 0.6 is 15.9 Å². The van der Waals surface area contributed by atoms with E-state index in [4.69, 9.17) is 0 Å². The van der Waals surface area contributed by atoms with Gasteiger partial charge in [-0.25, -0.2) is 0 Å². The van der Waals surface area contributed by atoms with Gasteiger partial charge in [0, 0.05) is 28.0 Å². The number of halogens is 1. The van der Waals surface area contributed by atoms with E-state index in [1.807, 2.05) is 36.4 Å². The van der Waals surface area contributed by atoms with Gasteiger partial charge in [-0.05, 0) is 42.7 Å². The summed E-state index contributed by atoms with van der Waals surface area (Å²) in [4.78, 5) is 12.2. The lowest BCUT2D eigenvalue weighted by atomic mass is 10.0. The first-order valence-electron chi connectivity index (χ1n) is 8.51. The predicted molar refractivity (Wildman–Crippen MR) is 106 cm³/mol. The van der Waals surface area contributed by atoms with Gasteiger partial charge in [-0.15, -0.1) is 0 Å². The quantitative estimate of drug-likeness (QED) is 0.308. The van der Waals surface area contributed by atoms with Crippen LogP contribution in [0.15, 0.2) is 65.3 Å². The summed E-state index contributed by atoms with van der Waals surface area (Å²) in [6.07, 6.45) is 9.40. The maximum absolute atomic E-state index is 12.2. The fraction of sp³-hybridized carbons (Fsp3) is 0.286. The summed E-state index contributed by atoms with van der Waals surface area (Å²) in [5.41, 5.74) is 2.98. The molecule has 126 valence electrons. The zero-order valence-electron chi connectivity index (χ0n) is 14.1. The van der Waals surface area contributed by atoms with Crippen molar-refractivity contribution < 1.29 is 4.79 Å². The van der Waals surface area contributed by atoms with Crippen LogP contribution < -0.4 is 5.32 Å². The highest BCUT2D eigenvalue weighted by Gasteiger charge is 2.02. The maximum atomic E-state index is 12.2. The summed E-state index contributed by atoms with van der Waals surface area (Å²) in [5, 5.41) is 3.10. The number of hydrogen-bond acceptors (Lipinski definition) is 2. The van der Waals surface area contributed by atoms with Gasteiger partial charge in [-0.2, -0.15) is 0 Å². The Kier molecular flexibility index (Phi) is 7.76. The van der Waals surface area contributed by atoms with Gasteiger partial charge < -0.3 is 5.32 Å². The number of carbonyl (C=O) groups excluding carboxylic acids is 1. The first-order chi connectivity index (χ1) is 11.7. The van der Waals surface area contributed by atoms with E-state index in [1.54, 1.807) is 12.3 Å². The Balaban J connectivity index is 1.83. The predicted octanol–water partition coefficient (Wildman–Crippen LogP) is 6.38. The second-order valence-corrected chi connectivity index (χ2v) is 6.77. The van der Waals surface area contributed by atoms with E-state index < -0.39 is 0 Å². The number of anilines is 1. The molecule has 2 nitrogen and oxygen atoms in total. The van der Waals surface area contributed by atoms with Crippen molar-refractivity contribution in [2.75, 3.05) is 5.32 Å². The van der Waals surface area contributed by atoms with Crippen molar-refractivity contribution in [1.29, 1.82) is 0 Å². The highest BCUT2D eigenvalue weighted by atomic mass is 79.9. The Bertz CT molecular complexity index is 659. The summed E-state index contributed by atoms with van der Waals surface area (Å²) in [6, 6.07) is 15.8. The molecule has 0 amide bonds. The minimum absolute atomic E-state index is 0.0112. The molecule has 0 fully saturated rings. The molecule has 2 aromatic carbocycles. The first-order valence-corrected chi connectivity index (χ1v) is 9.30. The van der Waals surface area contributed by atoms with Crippen molar-refractivity contribution in [1.82, 2.24) is 0 Å². The third-order valence-corrected chi connectivity index (χ3v) is 4.42. The van der Waals surface area contributed by atoms with Gasteiger partial charge in [0.2, 0.25) is 0 Å². The molecular weight excluding hydrogens is 362 g/mol. The Hall–Kier alpha value is -1.87. The first kappa shape index (κ1) is 18.5. The van der Waals surface area contributed by atoms with Crippen molar-refractivity contribution in [3.05, 3.63) is 76.4 Å². The molecule has 0 aliphatic heterocycles. The van der Waals surface area contributed by atoms with Crippen LogP contribution in [0.2, 0.25) is 0 Å². The number of benzene rings is 2. The number of aryl methyl sites for hydroxylation is 1. The normalized spacial score (nSPS) is 10.9. The number of nitrogens with one attached hydrogen (secondary N) is 1. The lowest BCUT2D eigenvalue weighted by Gasteiger charge is -2.03. The molecule has 0 atom stereocenters. The smallest absolute Gasteiger partial charge is 0.187 e. The standard InChI is InChI=1S/C21H24BrNO/c1-2-3-4-5-6-17-7-9-18(10-8-17)21(24)15-16-23-20-13-11-19(22)12-14-20/h7-16,23H,2-6H2,1H3/b16-15+. The van der Waals surface area contributed by atoms with Crippen molar-refractivity contribution in [2.24, 2.45) is 0 Å². The van der Waals surface area contributed by atoms with Crippen LogP contribution in [0, 0.1) is 0 Å².